The standard InChI is InChI=1S/C21H30N4O4S/c1-4-5-10-25-19(22)18(20(27)23-21(25)28)24(11-12-29-3)17(26)14-30-13-16-8-6-15(2)7-9-16/h6-9H,4-5,10-14,22H2,1-3H3,(H,23,27,28). The van der Waals surface area contributed by atoms with Crippen LogP contribution in [0.2, 0.25) is 0 Å². The van der Waals surface area contributed by atoms with Crippen LogP contribution in [0.5, 0.6) is 0 Å². The number of benzene rings is 1. The van der Waals surface area contributed by atoms with E-state index in [0.717, 1.165) is 18.4 Å². The fraction of sp³-hybridized carbons (Fsp3) is 0.476. The molecule has 1 heterocycles. The Bertz CT molecular complexity index is 953. The number of H-pyrrole nitrogens is 1. The lowest BCUT2D eigenvalue weighted by Gasteiger charge is -2.24. The molecule has 2 rings (SSSR count). The van der Waals surface area contributed by atoms with Gasteiger partial charge in [-0.2, -0.15) is 0 Å². The van der Waals surface area contributed by atoms with Crippen LogP contribution in [0.15, 0.2) is 33.9 Å². The summed E-state index contributed by atoms with van der Waals surface area (Å²) in [4.78, 5) is 41.3. The van der Waals surface area contributed by atoms with Crippen molar-refractivity contribution in [1.29, 1.82) is 0 Å². The number of amides is 1. The molecular formula is C21H30N4O4S. The van der Waals surface area contributed by atoms with Crippen LogP contribution in [0.25, 0.3) is 0 Å². The van der Waals surface area contributed by atoms with Gasteiger partial charge >= 0.3 is 5.69 Å². The van der Waals surface area contributed by atoms with Crippen LogP contribution in [0, 0.1) is 6.92 Å². The molecule has 9 heteroatoms. The molecule has 0 saturated heterocycles. The van der Waals surface area contributed by atoms with Crippen molar-refractivity contribution in [3.63, 3.8) is 0 Å². The number of nitrogens with zero attached hydrogens (tertiary/aromatic N) is 2. The molecule has 1 aromatic heterocycles. The van der Waals surface area contributed by atoms with Gasteiger partial charge in [-0.1, -0.05) is 43.2 Å². The number of hydrogen-bond acceptors (Lipinski definition) is 6. The second-order valence-corrected chi connectivity index (χ2v) is 8.00. The Morgan fingerprint density at radius 2 is 1.97 bits per heavy atom. The van der Waals surface area contributed by atoms with E-state index in [0.29, 0.717) is 12.3 Å². The molecule has 0 atom stereocenters. The molecule has 0 unspecified atom stereocenters. The molecule has 0 spiro atoms. The van der Waals surface area contributed by atoms with Crippen molar-refractivity contribution in [3.05, 3.63) is 56.2 Å². The van der Waals surface area contributed by atoms with Gasteiger partial charge in [0.15, 0.2) is 5.69 Å². The van der Waals surface area contributed by atoms with Gasteiger partial charge in [-0.25, -0.2) is 4.79 Å². The number of ether oxygens (including phenoxy) is 1. The molecule has 0 radical (unpaired) electrons. The molecule has 0 saturated carbocycles. The molecule has 30 heavy (non-hydrogen) atoms. The molecule has 8 nitrogen and oxygen atoms in total. The third kappa shape index (κ3) is 6.24. The maximum atomic E-state index is 13.0. The molecule has 1 aromatic carbocycles. The number of carbonyl (C=O) groups is 1. The van der Waals surface area contributed by atoms with Crippen molar-refractivity contribution in [3.8, 4) is 0 Å². The van der Waals surface area contributed by atoms with Gasteiger partial charge in [-0.05, 0) is 18.9 Å². The van der Waals surface area contributed by atoms with E-state index in [1.807, 2.05) is 38.1 Å². The number of carbonyl (C=O) groups excluding carboxylic acids is 1. The second-order valence-electron chi connectivity index (χ2n) is 7.01. The quantitative estimate of drug-likeness (QED) is 0.561. The molecule has 1 amide bonds. The minimum Gasteiger partial charge on any atom is -0.383 e. The maximum Gasteiger partial charge on any atom is 0.330 e. The SMILES string of the molecule is CCCCn1c(N)c(N(CCOC)C(=O)CSCc2ccc(C)cc2)c(=O)[nH]c1=O. The number of nitrogen functional groups attached to an aromatic ring is 1. The van der Waals surface area contributed by atoms with Crippen molar-refractivity contribution in [1.82, 2.24) is 9.55 Å². The van der Waals surface area contributed by atoms with Gasteiger partial charge in [0.05, 0.1) is 12.4 Å². The van der Waals surface area contributed by atoms with Crippen LogP contribution in [0.3, 0.4) is 0 Å². The number of thioether (sulfide) groups is 1. The van der Waals surface area contributed by atoms with Gasteiger partial charge in [0.2, 0.25) is 5.91 Å². The predicted octanol–water partition coefficient (Wildman–Crippen LogP) is 2.14. The predicted molar refractivity (Wildman–Crippen MR) is 122 cm³/mol. The van der Waals surface area contributed by atoms with Crippen LogP contribution in [-0.4, -0.2) is 41.5 Å². The van der Waals surface area contributed by atoms with E-state index in [2.05, 4.69) is 4.98 Å². The second kappa shape index (κ2) is 11.6. The summed E-state index contributed by atoms with van der Waals surface area (Å²) in [5.41, 5.74) is 7.24. The molecule has 3 N–H and O–H groups in total. The molecule has 0 bridgehead atoms. The molecule has 164 valence electrons. The number of aromatic amines is 1. The van der Waals surface area contributed by atoms with E-state index in [1.54, 1.807) is 0 Å². The highest BCUT2D eigenvalue weighted by molar-refractivity contribution is 7.99. The van der Waals surface area contributed by atoms with Crippen molar-refractivity contribution < 1.29 is 9.53 Å². The molecular weight excluding hydrogens is 404 g/mol. The van der Waals surface area contributed by atoms with Crippen molar-refractivity contribution in [2.24, 2.45) is 0 Å². The summed E-state index contributed by atoms with van der Waals surface area (Å²) in [5, 5.41) is 0. The summed E-state index contributed by atoms with van der Waals surface area (Å²) in [6.07, 6.45) is 1.59. The summed E-state index contributed by atoms with van der Waals surface area (Å²) >= 11 is 1.46. The van der Waals surface area contributed by atoms with Crippen LogP contribution in [0.1, 0.15) is 30.9 Å². The summed E-state index contributed by atoms with van der Waals surface area (Å²) in [7, 11) is 1.52. The number of methoxy groups -OCH3 is 1. The van der Waals surface area contributed by atoms with Crippen molar-refractivity contribution >= 4 is 29.2 Å². The van der Waals surface area contributed by atoms with Gasteiger partial charge in [0.25, 0.3) is 5.56 Å². The first-order valence-corrected chi connectivity index (χ1v) is 11.1. The van der Waals surface area contributed by atoms with Crippen molar-refractivity contribution in [2.45, 2.75) is 39.0 Å². The third-order valence-electron chi connectivity index (χ3n) is 4.65. The fourth-order valence-electron chi connectivity index (χ4n) is 2.94. The zero-order valence-corrected chi connectivity index (χ0v) is 18.6. The maximum absolute atomic E-state index is 13.0. The van der Waals surface area contributed by atoms with Crippen LogP contribution in [-0.2, 0) is 21.8 Å². The number of anilines is 2. The number of hydrogen-bond donors (Lipinski definition) is 2. The zero-order valence-electron chi connectivity index (χ0n) is 17.8. The van der Waals surface area contributed by atoms with Gasteiger partial charge in [0.1, 0.15) is 5.82 Å². The first-order valence-electron chi connectivity index (χ1n) is 9.94. The lowest BCUT2D eigenvalue weighted by Crippen LogP contribution is -2.43. The fourth-order valence-corrected chi connectivity index (χ4v) is 3.80. The minimum absolute atomic E-state index is 0.00342. The normalized spacial score (nSPS) is 10.9. The highest BCUT2D eigenvalue weighted by atomic mass is 32.2. The van der Waals surface area contributed by atoms with Crippen molar-refractivity contribution in [2.75, 3.05) is 36.6 Å². The van der Waals surface area contributed by atoms with E-state index >= 15 is 0 Å². The van der Waals surface area contributed by atoms with Crippen LogP contribution in [0.4, 0.5) is 11.5 Å². The van der Waals surface area contributed by atoms with Gasteiger partial charge in [0, 0.05) is 26.0 Å². The number of nitrogens with one attached hydrogen (secondary N) is 1. The lowest BCUT2D eigenvalue weighted by atomic mass is 10.2. The molecule has 0 fully saturated rings. The molecule has 0 aliphatic heterocycles. The Balaban J connectivity index is 2.23. The highest BCUT2D eigenvalue weighted by Crippen LogP contribution is 2.20. The lowest BCUT2D eigenvalue weighted by molar-refractivity contribution is -0.116. The average molecular weight is 435 g/mol. The molecule has 0 aliphatic carbocycles. The van der Waals surface area contributed by atoms with E-state index < -0.39 is 11.2 Å². The highest BCUT2D eigenvalue weighted by Gasteiger charge is 2.24. The summed E-state index contributed by atoms with van der Waals surface area (Å²) < 4.78 is 6.42. The van der Waals surface area contributed by atoms with Crippen LogP contribution < -0.4 is 21.9 Å². The Kier molecular flexibility index (Phi) is 9.19. The number of nitrogens with two attached hydrogens (primary N) is 1. The largest absolute Gasteiger partial charge is 0.383 e. The third-order valence-corrected chi connectivity index (χ3v) is 5.64. The molecule has 0 aliphatic rings. The Morgan fingerprint density at radius 3 is 2.60 bits per heavy atom. The minimum atomic E-state index is -0.668. The van der Waals surface area contributed by atoms with E-state index in [1.165, 1.54) is 33.9 Å². The Hall–Kier alpha value is -2.52. The van der Waals surface area contributed by atoms with Crippen LogP contribution >= 0.6 is 11.8 Å². The van der Waals surface area contributed by atoms with E-state index in [9.17, 15) is 14.4 Å². The Labute approximate surface area is 180 Å². The average Bonchev–Trinajstić information content (AvgIpc) is 2.71. The number of unbranched alkanes of at least 4 members (excludes halogenated alkanes) is 1. The first kappa shape index (κ1) is 23.8. The number of rotatable bonds is 11. The topological polar surface area (TPSA) is 110 Å². The smallest absolute Gasteiger partial charge is 0.330 e. The Morgan fingerprint density at radius 1 is 1.27 bits per heavy atom. The van der Waals surface area contributed by atoms with Gasteiger partial charge < -0.3 is 15.4 Å². The number of aromatic nitrogens is 2. The monoisotopic (exact) mass is 434 g/mol. The van der Waals surface area contributed by atoms with Gasteiger partial charge in [-0.3, -0.25) is 19.1 Å². The zero-order chi connectivity index (χ0) is 22.1. The summed E-state index contributed by atoms with van der Waals surface area (Å²) in [5.74, 6) is 0.587. The molecule has 2 aromatic rings. The number of aryl methyl sites for hydroxylation is 1. The summed E-state index contributed by atoms with van der Waals surface area (Å²) in [6, 6.07) is 8.12. The summed E-state index contributed by atoms with van der Waals surface area (Å²) in [6.45, 7) is 4.80. The first-order chi connectivity index (χ1) is 14.4. The van der Waals surface area contributed by atoms with E-state index in [4.69, 9.17) is 10.5 Å². The van der Waals surface area contributed by atoms with E-state index in [-0.39, 0.29) is 36.3 Å². The van der Waals surface area contributed by atoms with Gasteiger partial charge in [-0.15, -0.1) is 11.8 Å².